The highest BCUT2D eigenvalue weighted by molar-refractivity contribution is 6.23. The zero-order valence-electron chi connectivity index (χ0n) is 19.9. The van der Waals surface area contributed by atoms with Gasteiger partial charge in [-0.2, -0.15) is 0 Å². The van der Waals surface area contributed by atoms with Crippen molar-refractivity contribution < 1.29 is 23.9 Å². The molecule has 1 heterocycles. The van der Waals surface area contributed by atoms with Crippen LogP contribution in [0.5, 0.6) is 5.75 Å². The number of hydrogen-bond donors (Lipinski definition) is 1. The van der Waals surface area contributed by atoms with Crippen molar-refractivity contribution in [1.29, 1.82) is 0 Å². The van der Waals surface area contributed by atoms with Gasteiger partial charge in [0.15, 0.2) is 6.61 Å². The number of rotatable bonds is 6. The molecule has 8 heteroatoms. The predicted molar refractivity (Wildman–Crippen MR) is 132 cm³/mol. The molecule has 1 N–H and O–H groups in total. The van der Waals surface area contributed by atoms with Crippen molar-refractivity contribution in [1.82, 2.24) is 10.4 Å². The number of nitrogens with zero attached hydrogens (tertiary/aromatic N) is 2. The molecule has 0 radical (unpaired) electrons. The molecule has 180 valence electrons. The zero-order chi connectivity index (χ0) is 25.1. The first-order valence-corrected chi connectivity index (χ1v) is 11.4. The number of anilines is 1. The summed E-state index contributed by atoms with van der Waals surface area (Å²) in [6.45, 7) is 4.96. The smallest absolute Gasteiger partial charge is 0.276 e. The molecule has 3 aromatic rings. The largest absolute Gasteiger partial charge is 0.484 e. The Balaban J connectivity index is 1.42. The summed E-state index contributed by atoms with van der Waals surface area (Å²) >= 11 is 0. The van der Waals surface area contributed by atoms with E-state index in [1.54, 1.807) is 18.2 Å². The highest BCUT2D eigenvalue weighted by Gasteiger charge is 2.44. The minimum atomic E-state index is -1.13. The first kappa shape index (κ1) is 23.9. The van der Waals surface area contributed by atoms with E-state index in [2.05, 4.69) is 5.43 Å². The van der Waals surface area contributed by atoms with Crippen LogP contribution in [0.1, 0.15) is 38.7 Å². The van der Waals surface area contributed by atoms with Gasteiger partial charge in [0, 0.05) is 6.92 Å². The Labute approximate surface area is 203 Å². The fourth-order valence-corrected chi connectivity index (χ4v) is 4.05. The Hall–Kier alpha value is -4.20. The van der Waals surface area contributed by atoms with Crippen molar-refractivity contribution >= 4 is 40.1 Å². The van der Waals surface area contributed by atoms with E-state index in [0.29, 0.717) is 17.4 Å². The second kappa shape index (κ2) is 9.97. The van der Waals surface area contributed by atoms with Crippen LogP contribution in [-0.4, -0.2) is 41.3 Å². The predicted octanol–water partition coefficient (Wildman–Crippen LogP) is 3.55. The molecule has 0 aromatic heterocycles. The third-order valence-corrected chi connectivity index (χ3v) is 5.93. The van der Waals surface area contributed by atoms with Crippen LogP contribution in [0.3, 0.4) is 0 Å². The maximum atomic E-state index is 13.1. The normalized spacial score (nSPS) is 15.5. The summed E-state index contributed by atoms with van der Waals surface area (Å²) in [5, 5.41) is 2.92. The van der Waals surface area contributed by atoms with Gasteiger partial charge in [0.2, 0.25) is 11.8 Å². The van der Waals surface area contributed by atoms with Gasteiger partial charge in [-0.1, -0.05) is 56.3 Å². The quantitative estimate of drug-likeness (QED) is 0.436. The molecule has 1 fully saturated rings. The number of amides is 4. The average molecular weight is 474 g/mol. The molecule has 1 aliphatic rings. The fraction of sp³-hybridized carbons (Fsp3) is 0.259. The Kier molecular flexibility index (Phi) is 6.82. The molecule has 1 aliphatic heterocycles. The van der Waals surface area contributed by atoms with E-state index < -0.39 is 29.7 Å². The van der Waals surface area contributed by atoms with E-state index in [1.807, 2.05) is 62.4 Å². The lowest BCUT2D eigenvalue weighted by molar-refractivity contribution is -0.146. The van der Waals surface area contributed by atoms with Gasteiger partial charge in [0.1, 0.15) is 11.8 Å². The number of carbonyl (C=O) groups is 4. The Morgan fingerprint density at radius 2 is 1.71 bits per heavy atom. The molecule has 0 bridgehead atoms. The van der Waals surface area contributed by atoms with Crippen molar-refractivity contribution in [3.8, 4) is 5.75 Å². The van der Waals surface area contributed by atoms with Gasteiger partial charge in [-0.25, -0.2) is 9.91 Å². The van der Waals surface area contributed by atoms with Crippen molar-refractivity contribution in [3.05, 3.63) is 72.3 Å². The number of nitrogens with one attached hydrogen (secondary N) is 1. The standard InChI is InChI=1S/C27H27N3O5/c1-17(2)19-8-11-22(12-9-19)29-26(33)15-24(27(29)34)30(18(3)31)28-25(32)16-35-23-13-10-20-6-4-5-7-21(20)14-23/h4-14,17,24H,15-16H2,1-3H3,(H,28,32). The summed E-state index contributed by atoms with van der Waals surface area (Å²) in [6, 6.07) is 19.2. The van der Waals surface area contributed by atoms with E-state index in [0.717, 1.165) is 26.2 Å². The van der Waals surface area contributed by atoms with E-state index in [-0.39, 0.29) is 13.0 Å². The Bertz CT molecular complexity index is 1290. The van der Waals surface area contributed by atoms with Crippen LogP contribution in [-0.2, 0) is 19.2 Å². The van der Waals surface area contributed by atoms with Gasteiger partial charge in [0.05, 0.1) is 12.1 Å². The Morgan fingerprint density at radius 1 is 1.03 bits per heavy atom. The monoisotopic (exact) mass is 473 g/mol. The van der Waals surface area contributed by atoms with Gasteiger partial charge >= 0.3 is 0 Å². The summed E-state index contributed by atoms with van der Waals surface area (Å²) in [7, 11) is 0. The summed E-state index contributed by atoms with van der Waals surface area (Å²) in [4.78, 5) is 51.7. The van der Waals surface area contributed by atoms with Gasteiger partial charge < -0.3 is 4.74 Å². The van der Waals surface area contributed by atoms with Crippen LogP contribution in [0.2, 0.25) is 0 Å². The van der Waals surface area contributed by atoms with Crippen LogP contribution in [0.15, 0.2) is 66.7 Å². The molecule has 1 saturated heterocycles. The molecule has 35 heavy (non-hydrogen) atoms. The van der Waals surface area contributed by atoms with Gasteiger partial charge in [-0.15, -0.1) is 0 Å². The number of benzene rings is 3. The molecular formula is C27H27N3O5. The van der Waals surface area contributed by atoms with E-state index in [4.69, 9.17) is 4.74 Å². The van der Waals surface area contributed by atoms with Crippen molar-refractivity contribution in [3.63, 3.8) is 0 Å². The molecular weight excluding hydrogens is 446 g/mol. The van der Waals surface area contributed by atoms with Gasteiger partial charge in [-0.3, -0.25) is 24.6 Å². The second-order valence-electron chi connectivity index (χ2n) is 8.76. The third kappa shape index (κ3) is 5.16. The maximum absolute atomic E-state index is 13.1. The molecule has 8 nitrogen and oxygen atoms in total. The van der Waals surface area contributed by atoms with E-state index in [1.165, 1.54) is 6.92 Å². The van der Waals surface area contributed by atoms with E-state index in [9.17, 15) is 19.2 Å². The van der Waals surface area contributed by atoms with E-state index >= 15 is 0 Å². The number of imide groups is 1. The van der Waals surface area contributed by atoms with Crippen LogP contribution >= 0.6 is 0 Å². The van der Waals surface area contributed by atoms with Crippen molar-refractivity contribution in [2.24, 2.45) is 0 Å². The van der Waals surface area contributed by atoms with Crippen LogP contribution in [0.4, 0.5) is 5.69 Å². The molecule has 3 aromatic carbocycles. The average Bonchev–Trinajstić information content (AvgIpc) is 3.14. The topological polar surface area (TPSA) is 96.0 Å². The summed E-state index contributed by atoms with van der Waals surface area (Å²) < 4.78 is 5.58. The third-order valence-electron chi connectivity index (χ3n) is 5.93. The molecule has 0 aliphatic carbocycles. The Morgan fingerprint density at radius 3 is 2.37 bits per heavy atom. The number of hydrazine groups is 1. The van der Waals surface area contributed by atoms with Crippen molar-refractivity contribution in [2.75, 3.05) is 11.5 Å². The number of ether oxygens (including phenoxy) is 1. The summed E-state index contributed by atoms with van der Waals surface area (Å²) in [5.74, 6) is -1.39. The lowest BCUT2D eigenvalue weighted by Gasteiger charge is -2.26. The van der Waals surface area contributed by atoms with Gasteiger partial charge in [0.25, 0.3) is 11.8 Å². The molecule has 0 spiro atoms. The summed E-state index contributed by atoms with van der Waals surface area (Å²) in [5.41, 5.74) is 3.94. The number of carbonyl (C=O) groups excluding carboxylic acids is 4. The van der Waals surface area contributed by atoms with Crippen LogP contribution < -0.4 is 15.1 Å². The van der Waals surface area contributed by atoms with Crippen LogP contribution in [0, 0.1) is 0 Å². The van der Waals surface area contributed by atoms with Crippen LogP contribution in [0.25, 0.3) is 10.8 Å². The number of fused-ring (bicyclic) bond motifs is 1. The highest BCUT2D eigenvalue weighted by atomic mass is 16.5. The first-order valence-electron chi connectivity index (χ1n) is 11.4. The molecule has 4 rings (SSSR count). The lowest BCUT2D eigenvalue weighted by atomic mass is 10.0. The second-order valence-corrected chi connectivity index (χ2v) is 8.76. The number of hydrogen-bond acceptors (Lipinski definition) is 5. The lowest BCUT2D eigenvalue weighted by Crippen LogP contribution is -2.54. The zero-order valence-corrected chi connectivity index (χ0v) is 19.9. The summed E-state index contributed by atoms with van der Waals surface area (Å²) in [6.07, 6.45) is -0.226. The minimum Gasteiger partial charge on any atom is -0.484 e. The molecule has 1 unspecified atom stereocenters. The molecule has 0 saturated carbocycles. The fourth-order valence-electron chi connectivity index (χ4n) is 4.05. The molecule has 4 amide bonds. The maximum Gasteiger partial charge on any atom is 0.276 e. The first-order chi connectivity index (χ1) is 16.7. The minimum absolute atomic E-state index is 0.226. The molecule has 1 atom stereocenters. The SMILES string of the molecule is CC(=O)N(NC(=O)COc1ccc2ccccc2c1)C1CC(=O)N(c2ccc(C(C)C)cc2)C1=O. The van der Waals surface area contributed by atoms with Crippen molar-refractivity contribution in [2.45, 2.75) is 39.2 Å². The van der Waals surface area contributed by atoms with Gasteiger partial charge in [-0.05, 0) is 46.5 Å². The highest BCUT2D eigenvalue weighted by Crippen LogP contribution is 2.27.